The number of hydrogen-bond acceptors (Lipinski definition) is 4. The zero-order valence-electron chi connectivity index (χ0n) is 10.2. The Bertz CT molecular complexity index is 663. The third-order valence-electron chi connectivity index (χ3n) is 2.95. The molecule has 2 N–H and O–H groups in total. The van der Waals surface area contributed by atoms with Crippen LogP contribution in [-0.4, -0.2) is 18.9 Å². The van der Waals surface area contributed by atoms with Gasteiger partial charge in [-0.3, -0.25) is 8.97 Å². The van der Waals surface area contributed by atoms with E-state index in [-0.39, 0.29) is 0 Å². The van der Waals surface area contributed by atoms with Crippen LogP contribution in [0.5, 0.6) is 0 Å². The van der Waals surface area contributed by atoms with E-state index in [2.05, 4.69) is 21.3 Å². The van der Waals surface area contributed by atoms with Crippen LogP contribution >= 0.6 is 11.3 Å². The maximum atomic E-state index is 5.86. The van der Waals surface area contributed by atoms with Crippen molar-refractivity contribution in [3.63, 3.8) is 0 Å². The van der Waals surface area contributed by atoms with E-state index < -0.39 is 0 Å². The molecular formula is C12H15N5S. The average Bonchev–Trinajstić information content (AvgIpc) is 3.02. The standard InChI is InChI=1S/C12H15N5S/c1-2-3-10-14-4-5-17(10)11-9(8-13)16-6-7-18-12(16)15-11/h4-7H,2-3,8,13H2,1H3. The fourth-order valence-electron chi connectivity index (χ4n) is 2.14. The predicted octanol–water partition coefficient (Wildman–Crippen LogP) is 1.99. The second-order valence-electron chi connectivity index (χ2n) is 4.11. The number of aryl methyl sites for hydroxylation is 1. The Morgan fingerprint density at radius 3 is 3.06 bits per heavy atom. The van der Waals surface area contributed by atoms with Crippen molar-refractivity contribution in [2.45, 2.75) is 26.3 Å². The van der Waals surface area contributed by atoms with Crippen molar-refractivity contribution in [3.05, 3.63) is 35.5 Å². The molecule has 0 aliphatic carbocycles. The Morgan fingerprint density at radius 1 is 1.39 bits per heavy atom. The molecule has 0 bridgehead atoms. The number of imidazole rings is 2. The Morgan fingerprint density at radius 2 is 2.28 bits per heavy atom. The third-order valence-corrected chi connectivity index (χ3v) is 3.71. The van der Waals surface area contributed by atoms with Crippen molar-refractivity contribution < 1.29 is 0 Å². The lowest BCUT2D eigenvalue weighted by Crippen LogP contribution is -2.08. The minimum Gasteiger partial charge on any atom is -0.325 e. The second kappa shape index (κ2) is 4.55. The minimum atomic E-state index is 0.469. The van der Waals surface area contributed by atoms with Crippen LogP contribution < -0.4 is 5.73 Å². The first kappa shape index (κ1) is 11.4. The van der Waals surface area contributed by atoms with Gasteiger partial charge in [0.2, 0.25) is 0 Å². The Hall–Kier alpha value is -1.66. The van der Waals surface area contributed by atoms with E-state index in [0.29, 0.717) is 6.54 Å². The quantitative estimate of drug-likeness (QED) is 0.781. The van der Waals surface area contributed by atoms with Gasteiger partial charge in [-0.15, -0.1) is 11.3 Å². The summed E-state index contributed by atoms with van der Waals surface area (Å²) >= 11 is 1.62. The highest BCUT2D eigenvalue weighted by Gasteiger charge is 2.15. The molecule has 0 aromatic carbocycles. The average molecular weight is 261 g/mol. The van der Waals surface area contributed by atoms with Gasteiger partial charge in [0.1, 0.15) is 5.82 Å². The molecule has 0 saturated heterocycles. The Balaban J connectivity index is 2.17. The molecule has 0 spiro atoms. The summed E-state index contributed by atoms with van der Waals surface area (Å²) < 4.78 is 4.10. The molecule has 0 aliphatic rings. The largest absolute Gasteiger partial charge is 0.325 e. The van der Waals surface area contributed by atoms with E-state index in [9.17, 15) is 0 Å². The molecular weight excluding hydrogens is 246 g/mol. The molecule has 18 heavy (non-hydrogen) atoms. The van der Waals surface area contributed by atoms with E-state index in [1.54, 1.807) is 11.3 Å². The molecule has 0 unspecified atom stereocenters. The van der Waals surface area contributed by atoms with Gasteiger partial charge in [-0.2, -0.15) is 0 Å². The molecule has 0 aliphatic heterocycles. The van der Waals surface area contributed by atoms with Gasteiger partial charge in [-0.25, -0.2) is 9.97 Å². The first-order chi connectivity index (χ1) is 8.85. The first-order valence-electron chi connectivity index (χ1n) is 6.02. The topological polar surface area (TPSA) is 61.1 Å². The van der Waals surface area contributed by atoms with Gasteiger partial charge in [-0.1, -0.05) is 6.92 Å². The van der Waals surface area contributed by atoms with Crippen LogP contribution in [-0.2, 0) is 13.0 Å². The molecule has 5 nitrogen and oxygen atoms in total. The molecule has 0 saturated carbocycles. The van der Waals surface area contributed by atoms with Crippen molar-refractivity contribution in [2.24, 2.45) is 5.73 Å². The molecule has 3 aromatic heterocycles. The molecule has 0 atom stereocenters. The summed E-state index contributed by atoms with van der Waals surface area (Å²) in [6.45, 7) is 2.62. The lowest BCUT2D eigenvalue weighted by atomic mass is 10.3. The number of nitrogens with zero attached hydrogens (tertiary/aromatic N) is 4. The number of hydrogen-bond donors (Lipinski definition) is 1. The van der Waals surface area contributed by atoms with E-state index in [1.165, 1.54) is 0 Å². The van der Waals surface area contributed by atoms with Gasteiger partial charge >= 0.3 is 0 Å². The smallest absolute Gasteiger partial charge is 0.195 e. The summed E-state index contributed by atoms with van der Waals surface area (Å²) in [5.74, 6) is 1.95. The van der Waals surface area contributed by atoms with Gasteiger partial charge in [0.25, 0.3) is 0 Å². The van der Waals surface area contributed by atoms with E-state index >= 15 is 0 Å². The number of fused-ring (bicyclic) bond motifs is 1. The van der Waals surface area contributed by atoms with Crippen LogP contribution in [0, 0.1) is 0 Å². The highest BCUT2D eigenvalue weighted by atomic mass is 32.1. The van der Waals surface area contributed by atoms with E-state index in [1.807, 2.05) is 28.5 Å². The summed E-state index contributed by atoms with van der Waals surface area (Å²) in [6, 6.07) is 0. The highest BCUT2D eigenvalue weighted by Crippen LogP contribution is 2.21. The molecule has 3 heterocycles. The molecule has 94 valence electrons. The van der Waals surface area contributed by atoms with Gasteiger partial charge in [0.15, 0.2) is 10.8 Å². The van der Waals surface area contributed by atoms with Crippen molar-refractivity contribution in [1.29, 1.82) is 0 Å². The van der Waals surface area contributed by atoms with Crippen LogP contribution in [0.4, 0.5) is 0 Å². The Kier molecular flexibility index (Phi) is 2.89. The van der Waals surface area contributed by atoms with Gasteiger partial charge in [-0.05, 0) is 6.42 Å². The van der Waals surface area contributed by atoms with E-state index in [4.69, 9.17) is 5.73 Å². The summed E-state index contributed by atoms with van der Waals surface area (Å²) in [6.07, 6.45) is 7.80. The number of nitrogens with two attached hydrogens (primary N) is 1. The van der Waals surface area contributed by atoms with Gasteiger partial charge < -0.3 is 5.73 Å². The summed E-state index contributed by atoms with van der Waals surface area (Å²) in [5, 5.41) is 2.02. The lowest BCUT2D eigenvalue weighted by molar-refractivity contribution is 0.791. The summed E-state index contributed by atoms with van der Waals surface area (Å²) in [7, 11) is 0. The zero-order valence-corrected chi connectivity index (χ0v) is 11.0. The number of thiazole rings is 1. The SMILES string of the molecule is CCCc1nccn1-c1nc2sccn2c1CN. The van der Waals surface area contributed by atoms with Crippen molar-refractivity contribution >= 4 is 16.3 Å². The Labute approximate surface area is 109 Å². The molecule has 3 rings (SSSR count). The van der Waals surface area contributed by atoms with Crippen molar-refractivity contribution in [3.8, 4) is 5.82 Å². The fraction of sp³-hybridized carbons (Fsp3) is 0.333. The predicted molar refractivity (Wildman–Crippen MR) is 72.1 cm³/mol. The normalized spacial score (nSPS) is 11.4. The number of aromatic nitrogens is 4. The van der Waals surface area contributed by atoms with Crippen LogP contribution in [0.15, 0.2) is 24.0 Å². The lowest BCUT2D eigenvalue weighted by Gasteiger charge is -2.06. The maximum absolute atomic E-state index is 5.86. The fourth-order valence-corrected chi connectivity index (χ4v) is 2.87. The van der Waals surface area contributed by atoms with Crippen LogP contribution in [0.3, 0.4) is 0 Å². The maximum Gasteiger partial charge on any atom is 0.195 e. The van der Waals surface area contributed by atoms with E-state index in [0.717, 1.165) is 35.1 Å². The monoisotopic (exact) mass is 261 g/mol. The van der Waals surface area contributed by atoms with Crippen LogP contribution in [0.1, 0.15) is 24.9 Å². The molecule has 0 amide bonds. The second-order valence-corrected chi connectivity index (χ2v) is 4.98. The van der Waals surface area contributed by atoms with Crippen LogP contribution in [0.25, 0.3) is 10.8 Å². The molecule has 6 heteroatoms. The summed E-state index contributed by atoms with van der Waals surface area (Å²) in [5.41, 5.74) is 6.89. The number of rotatable bonds is 4. The first-order valence-corrected chi connectivity index (χ1v) is 6.90. The highest BCUT2D eigenvalue weighted by molar-refractivity contribution is 7.15. The van der Waals surface area contributed by atoms with Crippen molar-refractivity contribution in [1.82, 2.24) is 18.9 Å². The summed E-state index contributed by atoms with van der Waals surface area (Å²) in [4.78, 5) is 10.0. The molecule has 0 fully saturated rings. The molecule has 3 aromatic rings. The zero-order chi connectivity index (χ0) is 12.5. The van der Waals surface area contributed by atoms with Crippen LogP contribution in [0.2, 0.25) is 0 Å². The third kappa shape index (κ3) is 1.65. The minimum absolute atomic E-state index is 0.469. The molecule has 0 radical (unpaired) electrons. The van der Waals surface area contributed by atoms with Gasteiger partial charge in [0.05, 0.1) is 5.69 Å². The van der Waals surface area contributed by atoms with Crippen molar-refractivity contribution in [2.75, 3.05) is 0 Å². The van der Waals surface area contributed by atoms with Gasteiger partial charge in [0, 0.05) is 36.9 Å².